The normalized spacial score (nSPS) is 10.3. The number of aromatic nitrogens is 1. The number of methoxy groups -OCH3 is 1. The summed E-state index contributed by atoms with van der Waals surface area (Å²) in [6.07, 6.45) is 1.30. The number of nitrogens with zero attached hydrogens (tertiary/aromatic N) is 1. The highest BCUT2D eigenvalue weighted by Crippen LogP contribution is 2.17. The third kappa shape index (κ3) is 3.00. The lowest BCUT2D eigenvalue weighted by atomic mass is 10.1. The summed E-state index contributed by atoms with van der Waals surface area (Å²) in [7, 11) is 1.23. The molecule has 20 heavy (non-hydrogen) atoms. The number of esters is 1. The van der Waals surface area contributed by atoms with Crippen molar-refractivity contribution in [3.05, 3.63) is 52.8 Å². The summed E-state index contributed by atoms with van der Waals surface area (Å²) in [5, 5.41) is 9.90. The zero-order valence-corrected chi connectivity index (χ0v) is 11.4. The number of ketones is 1. The SMILES string of the molecule is COC(=O)c1cc(O)cn1CC(=O)c1cccc(Cl)c1. The number of hydrogen-bond acceptors (Lipinski definition) is 4. The molecule has 0 aliphatic carbocycles. The predicted molar refractivity (Wildman–Crippen MR) is 73.2 cm³/mol. The lowest BCUT2D eigenvalue weighted by molar-refractivity contribution is 0.0588. The fraction of sp³-hybridized carbons (Fsp3) is 0.143. The Morgan fingerprint density at radius 3 is 2.75 bits per heavy atom. The van der Waals surface area contributed by atoms with E-state index in [1.807, 2.05) is 0 Å². The predicted octanol–water partition coefficient (Wildman–Crippen LogP) is 2.52. The summed E-state index contributed by atoms with van der Waals surface area (Å²) >= 11 is 5.83. The molecule has 0 bridgehead atoms. The van der Waals surface area contributed by atoms with Crippen LogP contribution < -0.4 is 0 Å². The van der Waals surface area contributed by atoms with Gasteiger partial charge in [-0.05, 0) is 12.1 Å². The topological polar surface area (TPSA) is 68.5 Å². The van der Waals surface area contributed by atoms with E-state index in [2.05, 4.69) is 4.74 Å². The van der Waals surface area contributed by atoms with Crippen molar-refractivity contribution in [1.82, 2.24) is 4.57 Å². The van der Waals surface area contributed by atoms with Gasteiger partial charge in [-0.15, -0.1) is 0 Å². The maximum absolute atomic E-state index is 12.1. The maximum Gasteiger partial charge on any atom is 0.354 e. The van der Waals surface area contributed by atoms with Gasteiger partial charge in [0, 0.05) is 22.8 Å². The van der Waals surface area contributed by atoms with Crippen molar-refractivity contribution in [2.45, 2.75) is 6.54 Å². The molecule has 0 saturated heterocycles. The van der Waals surface area contributed by atoms with Crippen LogP contribution in [0, 0.1) is 0 Å². The Kier molecular flexibility index (Phi) is 4.10. The smallest absolute Gasteiger partial charge is 0.354 e. The Balaban J connectivity index is 2.26. The molecule has 1 N–H and O–H groups in total. The zero-order valence-electron chi connectivity index (χ0n) is 10.7. The molecule has 1 aromatic heterocycles. The number of rotatable bonds is 4. The van der Waals surface area contributed by atoms with Crippen molar-refractivity contribution in [3.63, 3.8) is 0 Å². The average molecular weight is 294 g/mol. The van der Waals surface area contributed by atoms with Gasteiger partial charge in [0.2, 0.25) is 0 Å². The third-order valence-corrected chi connectivity index (χ3v) is 2.97. The molecule has 1 aromatic carbocycles. The molecular weight excluding hydrogens is 282 g/mol. The number of carbonyl (C=O) groups is 2. The molecule has 0 radical (unpaired) electrons. The summed E-state index contributed by atoms with van der Waals surface area (Å²) < 4.78 is 5.93. The monoisotopic (exact) mass is 293 g/mol. The first-order valence-electron chi connectivity index (χ1n) is 5.77. The zero-order chi connectivity index (χ0) is 14.7. The van der Waals surface area contributed by atoms with Crippen molar-refractivity contribution in [2.24, 2.45) is 0 Å². The van der Waals surface area contributed by atoms with Gasteiger partial charge < -0.3 is 14.4 Å². The molecule has 0 aliphatic heterocycles. The van der Waals surface area contributed by atoms with Crippen LogP contribution in [0.25, 0.3) is 0 Å². The van der Waals surface area contributed by atoms with Crippen LogP contribution >= 0.6 is 11.6 Å². The molecule has 1 heterocycles. The maximum atomic E-state index is 12.1. The van der Waals surface area contributed by atoms with Gasteiger partial charge >= 0.3 is 5.97 Å². The average Bonchev–Trinajstić information content (AvgIpc) is 2.78. The standard InChI is InChI=1S/C14H12ClNO4/c1-20-14(19)12-6-11(17)7-16(12)8-13(18)9-3-2-4-10(15)5-9/h2-7,17H,8H2,1H3. The molecule has 5 nitrogen and oxygen atoms in total. The van der Waals surface area contributed by atoms with E-state index in [9.17, 15) is 14.7 Å². The molecule has 2 aromatic rings. The van der Waals surface area contributed by atoms with E-state index in [1.165, 1.54) is 23.9 Å². The quantitative estimate of drug-likeness (QED) is 0.695. The summed E-state index contributed by atoms with van der Waals surface area (Å²) in [5.74, 6) is -0.957. The molecule has 0 unspecified atom stereocenters. The van der Waals surface area contributed by atoms with Gasteiger partial charge in [0.1, 0.15) is 11.4 Å². The highest BCUT2D eigenvalue weighted by Gasteiger charge is 2.17. The van der Waals surface area contributed by atoms with Gasteiger partial charge in [-0.1, -0.05) is 23.7 Å². The molecule has 0 atom stereocenters. The van der Waals surface area contributed by atoms with Crippen LogP contribution in [0.2, 0.25) is 5.02 Å². The van der Waals surface area contributed by atoms with E-state index in [0.717, 1.165) is 0 Å². The molecule has 104 valence electrons. The Morgan fingerprint density at radius 1 is 1.35 bits per heavy atom. The number of halogens is 1. The van der Waals surface area contributed by atoms with Crippen LogP contribution in [-0.4, -0.2) is 28.5 Å². The van der Waals surface area contributed by atoms with Gasteiger partial charge in [0.15, 0.2) is 5.78 Å². The van der Waals surface area contributed by atoms with E-state index in [0.29, 0.717) is 10.6 Å². The minimum Gasteiger partial charge on any atom is -0.506 e. The number of hydrogen-bond donors (Lipinski definition) is 1. The van der Waals surface area contributed by atoms with Crippen molar-refractivity contribution >= 4 is 23.4 Å². The molecule has 2 rings (SSSR count). The van der Waals surface area contributed by atoms with E-state index >= 15 is 0 Å². The van der Waals surface area contributed by atoms with Crippen molar-refractivity contribution in [2.75, 3.05) is 7.11 Å². The first-order chi connectivity index (χ1) is 9.51. The molecule has 6 heteroatoms. The summed E-state index contributed by atoms with van der Waals surface area (Å²) in [4.78, 5) is 23.7. The van der Waals surface area contributed by atoms with Gasteiger partial charge in [0.05, 0.1) is 13.7 Å². The molecule has 0 fully saturated rings. The Hall–Kier alpha value is -2.27. The van der Waals surface area contributed by atoms with E-state index in [-0.39, 0.29) is 23.8 Å². The van der Waals surface area contributed by atoms with E-state index in [1.54, 1.807) is 24.3 Å². The molecular formula is C14H12ClNO4. The van der Waals surface area contributed by atoms with Crippen LogP contribution in [0.15, 0.2) is 36.5 Å². The van der Waals surface area contributed by atoms with Gasteiger partial charge in [-0.2, -0.15) is 0 Å². The van der Waals surface area contributed by atoms with Gasteiger partial charge in [-0.3, -0.25) is 4.79 Å². The second kappa shape index (κ2) is 5.79. The molecule has 0 aliphatic rings. The fourth-order valence-corrected chi connectivity index (χ4v) is 2.00. The number of ether oxygens (including phenoxy) is 1. The number of benzene rings is 1. The minimum atomic E-state index is -0.621. The van der Waals surface area contributed by atoms with Crippen molar-refractivity contribution in [3.8, 4) is 5.75 Å². The summed E-state index contributed by atoms with van der Waals surface area (Å²) in [6, 6.07) is 7.77. The first kappa shape index (κ1) is 14.1. The second-order valence-electron chi connectivity index (χ2n) is 4.14. The van der Waals surface area contributed by atoms with Crippen molar-refractivity contribution in [1.29, 1.82) is 0 Å². The Morgan fingerprint density at radius 2 is 2.10 bits per heavy atom. The van der Waals surface area contributed by atoms with Gasteiger partial charge in [0.25, 0.3) is 0 Å². The fourth-order valence-electron chi connectivity index (χ4n) is 1.81. The molecule has 0 spiro atoms. The third-order valence-electron chi connectivity index (χ3n) is 2.74. The lowest BCUT2D eigenvalue weighted by Gasteiger charge is -2.07. The number of Topliss-reactive ketones (excluding diaryl/α,β-unsaturated/α-hetero) is 1. The Labute approximate surface area is 120 Å². The largest absolute Gasteiger partial charge is 0.506 e. The molecule has 0 saturated carbocycles. The second-order valence-corrected chi connectivity index (χ2v) is 4.57. The van der Waals surface area contributed by atoms with Crippen LogP contribution in [-0.2, 0) is 11.3 Å². The molecule has 0 amide bonds. The van der Waals surface area contributed by atoms with Crippen LogP contribution in [0.1, 0.15) is 20.8 Å². The van der Waals surface area contributed by atoms with Crippen LogP contribution in [0.3, 0.4) is 0 Å². The lowest BCUT2D eigenvalue weighted by Crippen LogP contribution is -2.15. The minimum absolute atomic E-state index is 0.0919. The van der Waals surface area contributed by atoms with E-state index < -0.39 is 5.97 Å². The highest BCUT2D eigenvalue weighted by molar-refractivity contribution is 6.31. The Bertz CT molecular complexity index is 663. The van der Waals surface area contributed by atoms with Gasteiger partial charge in [-0.25, -0.2) is 4.79 Å². The highest BCUT2D eigenvalue weighted by atomic mass is 35.5. The first-order valence-corrected chi connectivity index (χ1v) is 6.15. The summed E-state index contributed by atoms with van der Waals surface area (Å²) in [6.45, 7) is -0.0919. The van der Waals surface area contributed by atoms with Crippen LogP contribution in [0.5, 0.6) is 5.75 Å². The number of aromatic hydroxyl groups is 1. The number of carbonyl (C=O) groups excluding carboxylic acids is 2. The summed E-state index contributed by atoms with van der Waals surface area (Å²) in [5.41, 5.74) is 0.543. The van der Waals surface area contributed by atoms with Crippen LogP contribution in [0.4, 0.5) is 0 Å². The van der Waals surface area contributed by atoms with Crippen molar-refractivity contribution < 1.29 is 19.4 Å². The van der Waals surface area contributed by atoms with E-state index in [4.69, 9.17) is 11.6 Å².